The van der Waals surface area contributed by atoms with E-state index in [1.807, 2.05) is 67.6 Å². The van der Waals surface area contributed by atoms with Gasteiger partial charge in [-0.25, -0.2) is 4.79 Å². The van der Waals surface area contributed by atoms with Crippen molar-refractivity contribution < 1.29 is 36.8 Å². The van der Waals surface area contributed by atoms with Crippen molar-refractivity contribution in [2.24, 2.45) is 17.6 Å². The highest BCUT2D eigenvalue weighted by Gasteiger charge is 2.33. The van der Waals surface area contributed by atoms with Gasteiger partial charge in [0.1, 0.15) is 25.3 Å². The second kappa shape index (κ2) is 19.5. The van der Waals surface area contributed by atoms with Gasteiger partial charge in [-0.2, -0.15) is 8.42 Å². The van der Waals surface area contributed by atoms with Crippen LogP contribution in [-0.4, -0.2) is 42.9 Å². The number of nitrogens with two attached hydrogens (primary N) is 1. The van der Waals surface area contributed by atoms with E-state index in [0.717, 1.165) is 42.4 Å². The number of hydrogen-bond acceptors (Lipinski definition) is 8. The van der Waals surface area contributed by atoms with Gasteiger partial charge in [0.25, 0.3) is 10.1 Å². The molecule has 250 valence electrons. The third-order valence-electron chi connectivity index (χ3n) is 7.37. The van der Waals surface area contributed by atoms with Crippen LogP contribution in [-0.2, 0) is 47.2 Å². The zero-order valence-electron chi connectivity index (χ0n) is 26.9. The van der Waals surface area contributed by atoms with Crippen LogP contribution < -0.4 is 11.1 Å². The maximum absolute atomic E-state index is 12.3. The van der Waals surface area contributed by atoms with Crippen LogP contribution in [0.2, 0.25) is 0 Å². The number of hydrogen-bond donors (Lipinski definition) is 3. The van der Waals surface area contributed by atoms with Crippen molar-refractivity contribution >= 4 is 28.0 Å². The highest BCUT2D eigenvalue weighted by atomic mass is 32.2. The molecule has 4 rings (SSSR count). The second-order valence-corrected chi connectivity index (χ2v) is 12.6. The lowest BCUT2D eigenvalue weighted by Gasteiger charge is -2.20. The monoisotopic (exact) mass is 654 g/mol. The molecule has 1 aliphatic rings. The summed E-state index contributed by atoms with van der Waals surface area (Å²) in [5, 5.41) is 2.81. The van der Waals surface area contributed by atoms with E-state index in [0.29, 0.717) is 12.5 Å². The number of carbonyl (C=O) groups excluding carboxylic acids is 3. The van der Waals surface area contributed by atoms with Crippen molar-refractivity contribution in [1.82, 2.24) is 5.32 Å². The third-order valence-corrected chi connectivity index (χ3v) is 8.24. The molecule has 1 saturated carbocycles. The predicted octanol–water partition coefficient (Wildman–Crippen LogP) is 5.38. The van der Waals surface area contributed by atoms with Crippen LogP contribution >= 0.6 is 0 Å². The summed E-state index contributed by atoms with van der Waals surface area (Å²) in [7, 11) is -4.02. The summed E-state index contributed by atoms with van der Waals surface area (Å²) in [5.41, 5.74) is 8.19. The van der Waals surface area contributed by atoms with Gasteiger partial charge in [0.05, 0.1) is 4.90 Å². The molecule has 0 radical (unpaired) electrons. The molecule has 3 aromatic rings. The van der Waals surface area contributed by atoms with Crippen LogP contribution in [0.25, 0.3) is 0 Å². The van der Waals surface area contributed by atoms with Gasteiger partial charge in [0.15, 0.2) is 0 Å². The number of carbonyl (C=O) groups is 3. The molecule has 1 fully saturated rings. The fraction of sp³-hybridized carbons (Fsp3) is 0.400. The minimum atomic E-state index is -4.02. The minimum absolute atomic E-state index is 0.00601. The summed E-state index contributed by atoms with van der Waals surface area (Å²) < 4.78 is 39.7. The molecule has 46 heavy (non-hydrogen) atoms. The van der Waals surface area contributed by atoms with Gasteiger partial charge in [-0.1, -0.05) is 98.1 Å². The van der Waals surface area contributed by atoms with Gasteiger partial charge < -0.3 is 20.5 Å². The first-order valence-electron chi connectivity index (χ1n) is 15.3. The van der Waals surface area contributed by atoms with Crippen molar-refractivity contribution in [1.29, 1.82) is 0 Å². The Morgan fingerprint density at radius 1 is 0.848 bits per heavy atom. The van der Waals surface area contributed by atoms with Gasteiger partial charge in [-0.15, -0.1) is 0 Å². The van der Waals surface area contributed by atoms with E-state index < -0.39 is 22.2 Å². The van der Waals surface area contributed by atoms with Gasteiger partial charge in [-0.05, 0) is 62.8 Å². The molecule has 3 aromatic carbocycles. The number of amides is 1. The smallest absolute Gasteiger partial charge is 0.328 e. The molecule has 1 aliphatic carbocycles. The normalized spacial score (nSPS) is 16.7. The molecule has 4 atom stereocenters. The Bertz CT molecular complexity index is 1460. The first kappa shape index (κ1) is 38.1. The van der Waals surface area contributed by atoms with E-state index in [-0.39, 0.29) is 35.3 Å². The van der Waals surface area contributed by atoms with Gasteiger partial charge >= 0.3 is 11.9 Å². The molecule has 0 saturated heterocycles. The first-order valence-corrected chi connectivity index (χ1v) is 16.8. The number of aryl methyl sites for hydroxylation is 1. The van der Waals surface area contributed by atoms with E-state index >= 15 is 0 Å². The second-order valence-electron chi connectivity index (χ2n) is 11.2. The van der Waals surface area contributed by atoms with Gasteiger partial charge in [0, 0.05) is 5.92 Å². The van der Waals surface area contributed by atoms with Gasteiger partial charge in [-0.3, -0.25) is 14.1 Å². The molecular weight excluding hydrogens is 608 g/mol. The fourth-order valence-electron chi connectivity index (χ4n) is 4.67. The number of ether oxygens (including phenoxy) is 2. The van der Waals surface area contributed by atoms with E-state index in [4.69, 9.17) is 19.8 Å². The van der Waals surface area contributed by atoms with Crippen molar-refractivity contribution in [3.05, 3.63) is 102 Å². The lowest BCUT2D eigenvalue weighted by atomic mass is 9.93. The third kappa shape index (κ3) is 13.9. The minimum Gasteiger partial charge on any atom is -0.460 e. The molecule has 0 spiro atoms. The topological polar surface area (TPSA) is 162 Å². The highest BCUT2D eigenvalue weighted by molar-refractivity contribution is 7.85. The molecule has 0 aliphatic heterocycles. The molecule has 0 aromatic heterocycles. The molecule has 0 bridgehead atoms. The maximum Gasteiger partial charge on any atom is 0.328 e. The van der Waals surface area contributed by atoms with Crippen LogP contribution in [0.3, 0.4) is 0 Å². The fourth-order valence-corrected chi connectivity index (χ4v) is 5.15. The van der Waals surface area contributed by atoms with Crippen LogP contribution in [0.5, 0.6) is 0 Å². The lowest BCUT2D eigenvalue weighted by molar-refractivity contribution is -0.149. The SMILES string of the molecule is CC[C@@H]1CCC[C@H]1C(=O)N[C@@H](C)C(=O)OCc1ccccc1.C[C@H](N)C(=O)OCc1ccccc1.Cc1ccc(S(=O)(=O)O)cc1. The Kier molecular flexibility index (Phi) is 16.1. The van der Waals surface area contributed by atoms with E-state index in [2.05, 4.69) is 12.2 Å². The average Bonchev–Trinajstić information content (AvgIpc) is 3.53. The van der Waals surface area contributed by atoms with Crippen LogP contribution in [0, 0.1) is 18.8 Å². The largest absolute Gasteiger partial charge is 0.460 e. The summed E-state index contributed by atoms with van der Waals surface area (Å²) in [6, 6.07) is 23.9. The molecule has 11 heteroatoms. The first-order chi connectivity index (χ1) is 21.8. The van der Waals surface area contributed by atoms with Crippen molar-refractivity contribution in [2.75, 3.05) is 0 Å². The van der Waals surface area contributed by atoms with E-state index in [1.165, 1.54) is 12.1 Å². The molecular formula is C35H46N2O8S. The summed E-state index contributed by atoms with van der Waals surface area (Å²) in [6.07, 6.45) is 4.16. The molecule has 1 amide bonds. The maximum atomic E-state index is 12.3. The Morgan fingerprint density at radius 3 is 1.80 bits per heavy atom. The standard InChI is InChI=1S/C18H25NO3.C10H13NO2.C7H8O3S/c1-3-15-10-7-11-16(15)17(20)19-13(2)18(21)22-12-14-8-5-4-6-9-14;1-8(11)10(12)13-7-9-5-3-2-4-6-9;1-6-2-4-7(5-3-6)11(8,9)10/h4-6,8-9,13,15-16H,3,7,10-12H2,1-2H3,(H,19,20);2-6,8H,7,11H2,1H3;2-5H,1H3,(H,8,9,10)/t13-,15+,16+;8-;/m00./s1. The lowest BCUT2D eigenvalue weighted by Crippen LogP contribution is -2.43. The average molecular weight is 655 g/mol. The van der Waals surface area contributed by atoms with Crippen LogP contribution in [0.4, 0.5) is 0 Å². The zero-order chi connectivity index (χ0) is 34.1. The summed E-state index contributed by atoms with van der Waals surface area (Å²) in [4.78, 5) is 35.2. The Hall–Kier alpha value is -4.06. The quantitative estimate of drug-likeness (QED) is 0.192. The number of nitrogens with one attached hydrogen (secondary N) is 1. The summed E-state index contributed by atoms with van der Waals surface area (Å²) >= 11 is 0. The number of rotatable bonds is 10. The molecule has 0 heterocycles. The Morgan fingerprint density at radius 2 is 1.35 bits per heavy atom. The highest BCUT2D eigenvalue weighted by Crippen LogP contribution is 2.34. The Balaban J connectivity index is 0.000000261. The summed E-state index contributed by atoms with van der Waals surface area (Å²) in [6.45, 7) is 7.78. The van der Waals surface area contributed by atoms with Crippen LogP contribution in [0.1, 0.15) is 63.1 Å². The number of benzene rings is 3. The van der Waals surface area contributed by atoms with E-state index in [9.17, 15) is 22.8 Å². The van der Waals surface area contributed by atoms with Crippen molar-refractivity contribution in [3.8, 4) is 0 Å². The predicted molar refractivity (Wildman–Crippen MR) is 176 cm³/mol. The van der Waals surface area contributed by atoms with Crippen molar-refractivity contribution in [3.63, 3.8) is 0 Å². The number of esters is 2. The molecule has 0 unspecified atom stereocenters. The Labute approximate surface area is 272 Å². The van der Waals surface area contributed by atoms with Gasteiger partial charge in [0.2, 0.25) is 5.91 Å². The van der Waals surface area contributed by atoms with E-state index in [1.54, 1.807) is 26.0 Å². The van der Waals surface area contributed by atoms with Crippen LogP contribution in [0.15, 0.2) is 89.8 Å². The van der Waals surface area contributed by atoms with Crippen molar-refractivity contribution in [2.45, 2.75) is 83.6 Å². The molecule has 4 N–H and O–H groups in total. The molecule has 10 nitrogen and oxygen atoms in total. The zero-order valence-corrected chi connectivity index (χ0v) is 27.7. The summed E-state index contributed by atoms with van der Waals surface area (Å²) in [5.74, 6) is -0.262.